The van der Waals surface area contributed by atoms with E-state index in [1.54, 1.807) is 23.1 Å². The largest absolute Gasteiger partial charge is 0.338 e. The van der Waals surface area contributed by atoms with Gasteiger partial charge in [0, 0.05) is 36.1 Å². The van der Waals surface area contributed by atoms with Gasteiger partial charge in [0.05, 0.1) is 18.3 Å². The van der Waals surface area contributed by atoms with Gasteiger partial charge in [-0.2, -0.15) is 5.10 Å². The predicted octanol–water partition coefficient (Wildman–Crippen LogP) is 2.11. The third-order valence-corrected chi connectivity index (χ3v) is 5.24. The Morgan fingerprint density at radius 3 is 3.35 bits per heavy atom. The highest BCUT2D eigenvalue weighted by molar-refractivity contribution is 8.00. The van der Waals surface area contributed by atoms with Crippen molar-refractivity contribution in [3.05, 3.63) is 28.5 Å². The summed E-state index contributed by atoms with van der Waals surface area (Å²) in [5, 5.41) is 9.00. The lowest BCUT2D eigenvalue weighted by Gasteiger charge is -2.26. The molecule has 1 N–H and O–H groups in total. The summed E-state index contributed by atoms with van der Waals surface area (Å²) in [6, 6.07) is 0. The van der Waals surface area contributed by atoms with Crippen LogP contribution in [-0.2, 0) is 24.2 Å². The summed E-state index contributed by atoms with van der Waals surface area (Å²) < 4.78 is 1.05. The second-order valence-electron chi connectivity index (χ2n) is 4.65. The van der Waals surface area contributed by atoms with E-state index in [9.17, 15) is 4.79 Å². The number of nitrogens with one attached hydrogen (secondary N) is 1. The van der Waals surface area contributed by atoms with Crippen LogP contribution < -0.4 is 0 Å². The Bertz CT molecular complexity index is 607. The standard InChI is InChI=1S/C13H16N4OS2/c1-2-19-13-15-10(8-20-13)5-12(18)17-4-3-11-9(7-17)6-14-16-11/h6,8H,2-5,7H2,1H3,(H,14,16). The lowest BCUT2D eigenvalue weighted by atomic mass is 10.1. The van der Waals surface area contributed by atoms with E-state index in [4.69, 9.17) is 0 Å². The van der Waals surface area contributed by atoms with Crippen LogP contribution in [0.25, 0.3) is 0 Å². The quantitative estimate of drug-likeness (QED) is 0.879. The van der Waals surface area contributed by atoms with Crippen molar-refractivity contribution in [3.8, 4) is 0 Å². The molecular weight excluding hydrogens is 292 g/mol. The topological polar surface area (TPSA) is 61.9 Å². The molecule has 0 radical (unpaired) electrons. The van der Waals surface area contributed by atoms with Crippen LogP contribution in [0.2, 0.25) is 0 Å². The first kappa shape index (κ1) is 13.6. The molecule has 2 aromatic heterocycles. The number of carbonyl (C=O) groups is 1. The zero-order valence-corrected chi connectivity index (χ0v) is 12.9. The number of aromatic amines is 1. The molecule has 5 nitrogen and oxygen atoms in total. The number of H-pyrrole nitrogens is 1. The van der Waals surface area contributed by atoms with Gasteiger partial charge in [0.25, 0.3) is 0 Å². The average Bonchev–Trinajstić information content (AvgIpc) is 3.07. The number of hydrogen-bond acceptors (Lipinski definition) is 5. The summed E-state index contributed by atoms with van der Waals surface area (Å²) >= 11 is 3.34. The van der Waals surface area contributed by atoms with E-state index in [1.165, 1.54) is 0 Å². The smallest absolute Gasteiger partial charge is 0.228 e. The average molecular weight is 308 g/mol. The maximum atomic E-state index is 12.3. The Labute approximate surface area is 125 Å². The number of fused-ring (bicyclic) bond motifs is 1. The fourth-order valence-electron chi connectivity index (χ4n) is 2.26. The SMILES string of the molecule is CCSc1nc(CC(=O)N2CCc3[nH]ncc3C2)cs1. The van der Waals surface area contributed by atoms with Crippen molar-refractivity contribution in [1.82, 2.24) is 20.1 Å². The molecule has 7 heteroatoms. The fourth-order valence-corrected chi connectivity index (χ4v) is 4.00. The van der Waals surface area contributed by atoms with Crippen LogP contribution in [0.5, 0.6) is 0 Å². The monoisotopic (exact) mass is 308 g/mol. The van der Waals surface area contributed by atoms with E-state index >= 15 is 0 Å². The molecule has 0 unspecified atom stereocenters. The van der Waals surface area contributed by atoms with Crippen LogP contribution in [-0.4, -0.2) is 38.3 Å². The highest BCUT2D eigenvalue weighted by Gasteiger charge is 2.22. The van der Waals surface area contributed by atoms with Crippen LogP contribution >= 0.6 is 23.1 Å². The second kappa shape index (κ2) is 5.97. The van der Waals surface area contributed by atoms with Crippen LogP contribution in [0.4, 0.5) is 0 Å². The van der Waals surface area contributed by atoms with Gasteiger partial charge in [-0.15, -0.1) is 11.3 Å². The Balaban J connectivity index is 1.62. The third kappa shape index (κ3) is 2.88. The van der Waals surface area contributed by atoms with Crippen LogP contribution in [0.3, 0.4) is 0 Å². The number of rotatable bonds is 4. The minimum atomic E-state index is 0.148. The van der Waals surface area contributed by atoms with Gasteiger partial charge in [0.1, 0.15) is 4.34 Å². The Hall–Kier alpha value is -1.34. The Morgan fingerprint density at radius 2 is 2.50 bits per heavy atom. The number of thioether (sulfide) groups is 1. The molecule has 0 saturated heterocycles. The molecule has 106 valence electrons. The second-order valence-corrected chi connectivity index (χ2v) is 7.02. The van der Waals surface area contributed by atoms with Crippen molar-refractivity contribution in [2.45, 2.75) is 30.6 Å². The summed E-state index contributed by atoms with van der Waals surface area (Å²) in [6.07, 6.45) is 3.07. The van der Waals surface area contributed by atoms with Crippen molar-refractivity contribution in [2.75, 3.05) is 12.3 Å². The number of hydrogen-bond donors (Lipinski definition) is 1. The molecule has 0 atom stereocenters. The summed E-state index contributed by atoms with van der Waals surface area (Å²) in [5.74, 6) is 1.16. The van der Waals surface area contributed by atoms with Crippen molar-refractivity contribution in [1.29, 1.82) is 0 Å². The molecule has 20 heavy (non-hydrogen) atoms. The van der Waals surface area contributed by atoms with Gasteiger partial charge in [-0.1, -0.05) is 18.7 Å². The molecule has 0 aliphatic carbocycles. The lowest BCUT2D eigenvalue weighted by molar-refractivity contribution is -0.131. The summed E-state index contributed by atoms with van der Waals surface area (Å²) in [5.41, 5.74) is 3.17. The Kier molecular flexibility index (Phi) is 4.07. The number of carbonyl (C=O) groups excluding carboxylic acids is 1. The number of nitrogens with zero attached hydrogens (tertiary/aromatic N) is 3. The van der Waals surface area contributed by atoms with Gasteiger partial charge >= 0.3 is 0 Å². The first-order valence-corrected chi connectivity index (χ1v) is 8.49. The van der Waals surface area contributed by atoms with E-state index in [-0.39, 0.29) is 5.91 Å². The van der Waals surface area contributed by atoms with E-state index in [0.717, 1.165) is 40.0 Å². The normalized spacial score (nSPS) is 14.3. The zero-order chi connectivity index (χ0) is 13.9. The molecule has 1 aliphatic heterocycles. The van der Waals surface area contributed by atoms with Gasteiger partial charge in [0.2, 0.25) is 5.91 Å². The summed E-state index contributed by atoms with van der Waals surface area (Å²) in [7, 11) is 0. The third-order valence-electron chi connectivity index (χ3n) is 3.28. The van der Waals surface area contributed by atoms with Gasteiger partial charge in [-0.3, -0.25) is 9.89 Å². The molecule has 0 fully saturated rings. The van der Waals surface area contributed by atoms with Gasteiger partial charge in [-0.05, 0) is 5.75 Å². The molecule has 0 bridgehead atoms. The van der Waals surface area contributed by atoms with Crippen LogP contribution in [0.15, 0.2) is 15.9 Å². The molecule has 1 aliphatic rings. The van der Waals surface area contributed by atoms with E-state index in [0.29, 0.717) is 13.0 Å². The molecular formula is C13H16N4OS2. The summed E-state index contributed by atoms with van der Waals surface area (Å²) in [6.45, 7) is 3.52. The molecule has 0 saturated carbocycles. The van der Waals surface area contributed by atoms with Gasteiger partial charge in [-0.25, -0.2) is 4.98 Å². The first-order valence-electron chi connectivity index (χ1n) is 6.62. The van der Waals surface area contributed by atoms with Gasteiger partial charge in [0.15, 0.2) is 0 Å². The lowest BCUT2D eigenvalue weighted by Crippen LogP contribution is -2.36. The highest BCUT2D eigenvalue weighted by atomic mass is 32.2. The molecule has 0 spiro atoms. The number of aromatic nitrogens is 3. The van der Waals surface area contributed by atoms with Crippen molar-refractivity contribution in [3.63, 3.8) is 0 Å². The molecule has 3 rings (SSSR count). The van der Waals surface area contributed by atoms with Crippen LogP contribution in [0.1, 0.15) is 23.9 Å². The van der Waals surface area contributed by atoms with Crippen molar-refractivity contribution < 1.29 is 4.79 Å². The summed E-state index contributed by atoms with van der Waals surface area (Å²) in [4.78, 5) is 18.7. The molecule has 3 heterocycles. The van der Waals surface area contributed by atoms with E-state index in [1.807, 2.05) is 16.5 Å². The van der Waals surface area contributed by atoms with Gasteiger partial charge < -0.3 is 4.90 Å². The van der Waals surface area contributed by atoms with Crippen molar-refractivity contribution >= 4 is 29.0 Å². The Morgan fingerprint density at radius 1 is 1.60 bits per heavy atom. The first-order chi connectivity index (χ1) is 9.76. The van der Waals surface area contributed by atoms with Crippen molar-refractivity contribution in [2.24, 2.45) is 0 Å². The fraction of sp³-hybridized carbons (Fsp3) is 0.462. The predicted molar refractivity (Wildman–Crippen MR) is 79.9 cm³/mol. The minimum absolute atomic E-state index is 0.148. The van der Waals surface area contributed by atoms with E-state index in [2.05, 4.69) is 22.1 Å². The number of amides is 1. The van der Waals surface area contributed by atoms with E-state index < -0.39 is 0 Å². The number of thiazole rings is 1. The maximum absolute atomic E-state index is 12.3. The minimum Gasteiger partial charge on any atom is -0.338 e. The molecule has 1 amide bonds. The zero-order valence-electron chi connectivity index (χ0n) is 11.3. The molecule has 0 aromatic carbocycles. The highest BCUT2D eigenvalue weighted by Crippen LogP contribution is 2.23. The molecule has 2 aromatic rings. The maximum Gasteiger partial charge on any atom is 0.228 e. The van der Waals surface area contributed by atoms with Crippen LogP contribution in [0, 0.1) is 0 Å².